The average molecular weight is 353 g/mol. The Kier molecular flexibility index (Phi) is 4.77. The predicted octanol–water partition coefficient (Wildman–Crippen LogP) is 1.46. The van der Waals surface area contributed by atoms with E-state index in [1.807, 2.05) is 0 Å². The standard InChI is InChI=1S/C19H23N5O2/c25-17-12-15-4-1-2-5-16(15)22-24(17)13-14-6-10-23(11-7-14)19(26)18-20-8-3-9-21-18/h3,8-9,12,14H,1-2,4-7,10-11,13H2. The maximum Gasteiger partial charge on any atom is 0.291 e. The molecule has 0 saturated carbocycles. The van der Waals surface area contributed by atoms with Crippen LogP contribution in [0.5, 0.6) is 0 Å². The van der Waals surface area contributed by atoms with Crippen LogP contribution in [0.1, 0.15) is 47.6 Å². The summed E-state index contributed by atoms with van der Waals surface area (Å²) < 4.78 is 1.63. The Morgan fingerprint density at radius 1 is 1.12 bits per heavy atom. The van der Waals surface area contributed by atoms with Gasteiger partial charge in [-0.15, -0.1) is 0 Å². The highest BCUT2D eigenvalue weighted by Crippen LogP contribution is 2.21. The molecule has 0 N–H and O–H groups in total. The van der Waals surface area contributed by atoms with E-state index in [1.54, 1.807) is 34.1 Å². The molecule has 2 aromatic rings. The van der Waals surface area contributed by atoms with Crippen LogP contribution in [0.3, 0.4) is 0 Å². The third-order valence-electron chi connectivity index (χ3n) is 5.36. The lowest BCUT2D eigenvalue weighted by Crippen LogP contribution is -2.41. The van der Waals surface area contributed by atoms with Crippen molar-refractivity contribution in [3.05, 3.63) is 52.0 Å². The van der Waals surface area contributed by atoms with Crippen molar-refractivity contribution >= 4 is 5.91 Å². The first-order valence-electron chi connectivity index (χ1n) is 9.37. The van der Waals surface area contributed by atoms with Crippen LogP contribution in [0.4, 0.5) is 0 Å². The van der Waals surface area contributed by atoms with Crippen molar-refractivity contribution in [2.75, 3.05) is 13.1 Å². The van der Waals surface area contributed by atoms with Gasteiger partial charge in [-0.25, -0.2) is 14.6 Å². The van der Waals surface area contributed by atoms with Crippen molar-refractivity contribution in [1.29, 1.82) is 0 Å². The maximum atomic E-state index is 12.4. The number of nitrogens with zero attached hydrogens (tertiary/aromatic N) is 5. The quantitative estimate of drug-likeness (QED) is 0.834. The minimum atomic E-state index is -0.117. The van der Waals surface area contributed by atoms with Crippen molar-refractivity contribution < 1.29 is 4.79 Å². The first-order chi connectivity index (χ1) is 12.7. The zero-order valence-corrected chi connectivity index (χ0v) is 14.8. The highest BCUT2D eigenvalue weighted by Gasteiger charge is 2.26. The average Bonchev–Trinajstić information content (AvgIpc) is 2.69. The summed E-state index contributed by atoms with van der Waals surface area (Å²) in [6.07, 6.45) is 9.14. The summed E-state index contributed by atoms with van der Waals surface area (Å²) >= 11 is 0. The van der Waals surface area contributed by atoms with Gasteiger partial charge in [-0.05, 0) is 56.1 Å². The van der Waals surface area contributed by atoms with Gasteiger partial charge < -0.3 is 4.90 Å². The fourth-order valence-corrected chi connectivity index (χ4v) is 3.85. The second-order valence-corrected chi connectivity index (χ2v) is 7.15. The lowest BCUT2D eigenvalue weighted by Gasteiger charge is -2.31. The molecule has 1 amide bonds. The second kappa shape index (κ2) is 7.35. The molecule has 26 heavy (non-hydrogen) atoms. The number of carbonyl (C=O) groups excluding carboxylic acids is 1. The van der Waals surface area contributed by atoms with Gasteiger partial charge in [0.05, 0.1) is 5.69 Å². The number of piperidine rings is 1. The number of hydrogen-bond acceptors (Lipinski definition) is 5. The Labute approximate surface area is 152 Å². The normalized spacial score (nSPS) is 17.8. The Morgan fingerprint density at radius 2 is 1.85 bits per heavy atom. The van der Waals surface area contributed by atoms with Crippen LogP contribution in [-0.4, -0.2) is 43.6 Å². The van der Waals surface area contributed by atoms with Gasteiger partial charge in [0, 0.05) is 38.1 Å². The fourth-order valence-electron chi connectivity index (χ4n) is 3.85. The number of hydrogen-bond donors (Lipinski definition) is 0. The third kappa shape index (κ3) is 3.52. The highest BCUT2D eigenvalue weighted by molar-refractivity contribution is 5.90. The number of carbonyl (C=O) groups is 1. The molecule has 1 saturated heterocycles. The molecule has 1 aliphatic heterocycles. The van der Waals surface area contributed by atoms with Gasteiger partial charge in [-0.1, -0.05) is 0 Å². The van der Waals surface area contributed by atoms with E-state index in [2.05, 4.69) is 15.1 Å². The summed E-state index contributed by atoms with van der Waals surface area (Å²) in [6.45, 7) is 1.97. The minimum absolute atomic E-state index is 0.00171. The number of amides is 1. The van der Waals surface area contributed by atoms with Crippen molar-refractivity contribution in [3.8, 4) is 0 Å². The molecule has 136 valence electrons. The van der Waals surface area contributed by atoms with E-state index in [4.69, 9.17) is 0 Å². The van der Waals surface area contributed by atoms with Crippen LogP contribution in [0.15, 0.2) is 29.3 Å². The van der Waals surface area contributed by atoms with Gasteiger partial charge >= 0.3 is 0 Å². The molecule has 3 heterocycles. The first-order valence-corrected chi connectivity index (χ1v) is 9.37. The smallest absolute Gasteiger partial charge is 0.291 e. The van der Waals surface area contributed by atoms with Gasteiger partial charge in [-0.2, -0.15) is 5.10 Å². The van der Waals surface area contributed by atoms with Crippen LogP contribution in [-0.2, 0) is 19.4 Å². The van der Waals surface area contributed by atoms with Crippen LogP contribution in [0.25, 0.3) is 0 Å². The number of aryl methyl sites for hydroxylation is 2. The van der Waals surface area contributed by atoms with Gasteiger partial charge in [-0.3, -0.25) is 9.59 Å². The Hall–Kier alpha value is -2.57. The molecule has 0 spiro atoms. The molecule has 1 aliphatic carbocycles. The monoisotopic (exact) mass is 353 g/mol. The van der Waals surface area contributed by atoms with E-state index in [0.29, 0.717) is 25.6 Å². The zero-order valence-electron chi connectivity index (χ0n) is 14.8. The van der Waals surface area contributed by atoms with Crippen LogP contribution < -0.4 is 5.56 Å². The molecular formula is C19H23N5O2. The van der Waals surface area contributed by atoms with Crippen molar-refractivity contribution in [2.24, 2.45) is 5.92 Å². The molecule has 1 fully saturated rings. The van der Waals surface area contributed by atoms with Gasteiger partial charge in [0.25, 0.3) is 11.5 Å². The zero-order chi connectivity index (χ0) is 17.9. The summed E-state index contributed by atoms with van der Waals surface area (Å²) in [5.41, 5.74) is 2.22. The van der Waals surface area contributed by atoms with Gasteiger partial charge in [0.1, 0.15) is 0 Å². The molecule has 0 bridgehead atoms. The Bertz CT molecular complexity index is 841. The molecule has 0 atom stereocenters. The van der Waals surface area contributed by atoms with Crippen LogP contribution >= 0.6 is 0 Å². The number of rotatable bonds is 3. The molecule has 4 rings (SSSR count). The fraction of sp³-hybridized carbons (Fsp3) is 0.526. The lowest BCUT2D eigenvalue weighted by atomic mass is 9.95. The summed E-state index contributed by atoms with van der Waals surface area (Å²) in [6, 6.07) is 3.47. The summed E-state index contributed by atoms with van der Waals surface area (Å²) in [4.78, 5) is 34.6. The molecule has 0 radical (unpaired) electrons. The van der Waals surface area contributed by atoms with E-state index in [0.717, 1.165) is 49.8 Å². The number of likely N-dealkylation sites (tertiary alicyclic amines) is 1. The number of aromatic nitrogens is 4. The topological polar surface area (TPSA) is 81.0 Å². The summed E-state index contributed by atoms with van der Waals surface area (Å²) in [5, 5.41) is 4.61. The lowest BCUT2D eigenvalue weighted by molar-refractivity contribution is 0.0668. The third-order valence-corrected chi connectivity index (χ3v) is 5.36. The van der Waals surface area contributed by atoms with E-state index in [1.165, 1.54) is 0 Å². The van der Waals surface area contributed by atoms with E-state index in [9.17, 15) is 9.59 Å². The SMILES string of the molecule is O=C(c1ncccn1)N1CCC(Cn2nc3c(cc2=O)CCCC3)CC1. The first kappa shape index (κ1) is 16.9. The molecular weight excluding hydrogens is 330 g/mol. The van der Waals surface area contributed by atoms with E-state index in [-0.39, 0.29) is 17.3 Å². The van der Waals surface area contributed by atoms with E-state index >= 15 is 0 Å². The Balaban J connectivity index is 1.38. The molecule has 2 aliphatic rings. The summed E-state index contributed by atoms with van der Waals surface area (Å²) in [5.74, 6) is 0.495. The number of fused-ring (bicyclic) bond motifs is 1. The molecule has 2 aromatic heterocycles. The van der Waals surface area contributed by atoms with E-state index < -0.39 is 0 Å². The molecule has 0 unspecified atom stereocenters. The summed E-state index contributed by atoms with van der Waals surface area (Å²) in [7, 11) is 0. The van der Waals surface area contributed by atoms with Crippen molar-refractivity contribution in [3.63, 3.8) is 0 Å². The van der Waals surface area contributed by atoms with Crippen LogP contribution in [0.2, 0.25) is 0 Å². The Morgan fingerprint density at radius 3 is 2.62 bits per heavy atom. The van der Waals surface area contributed by atoms with Crippen molar-refractivity contribution in [2.45, 2.75) is 45.1 Å². The highest BCUT2D eigenvalue weighted by atomic mass is 16.2. The second-order valence-electron chi connectivity index (χ2n) is 7.15. The molecule has 0 aromatic carbocycles. The molecule has 7 nitrogen and oxygen atoms in total. The van der Waals surface area contributed by atoms with Crippen molar-refractivity contribution in [1.82, 2.24) is 24.6 Å². The maximum absolute atomic E-state index is 12.4. The van der Waals surface area contributed by atoms with Crippen LogP contribution in [0, 0.1) is 5.92 Å². The largest absolute Gasteiger partial charge is 0.336 e. The van der Waals surface area contributed by atoms with Gasteiger partial charge in [0.2, 0.25) is 5.82 Å². The molecule has 7 heteroatoms. The van der Waals surface area contributed by atoms with Gasteiger partial charge in [0.15, 0.2) is 0 Å². The minimum Gasteiger partial charge on any atom is -0.336 e. The predicted molar refractivity (Wildman–Crippen MR) is 95.8 cm³/mol.